The highest BCUT2D eigenvalue weighted by atomic mass is 32.1. The van der Waals surface area contributed by atoms with Crippen LogP contribution in [-0.4, -0.2) is 61.6 Å². The molecule has 0 bridgehead atoms. The second-order valence-electron chi connectivity index (χ2n) is 7.47. The summed E-state index contributed by atoms with van der Waals surface area (Å²) in [4.78, 5) is 30.8. The number of nitrogens with zero attached hydrogens (tertiary/aromatic N) is 2. The Labute approximate surface area is 191 Å². The van der Waals surface area contributed by atoms with E-state index >= 15 is 0 Å². The number of methoxy groups -OCH3 is 1. The van der Waals surface area contributed by atoms with Gasteiger partial charge < -0.3 is 23.7 Å². The average Bonchev–Trinajstić information content (AvgIpc) is 3.52. The first-order valence-corrected chi connectivity index (χ1v) is 11.4. The third-order valence-corrected chi connectivity index (χ3v) is 6.47. The summed E-state index contributed by atoms with van der Waals surface area (Å²) in [5.41, 5.74) is 1.12. The van der Waals surface area contributed by atoms with Gasteiger partial charge in [0.25, 0.3) is 5.91 Å². The molecule has 1 aliphatic rings. The zero-order valence-electron chi connectivity index (χ0n) is 17.9. The van der Waals surface area contributed by atoms with Crippen LogP contribution in [0.1, 0.15) is 27.0 Å². The highest BCUT2D eigenvalue weighted by Gasteiger charge is 2.33. The standard InChI is InChI=1S/C24H26N2O5S/c1-29-14-12-25(24(28)21-8-5-13-30-21)16-23(27)26-11-9-22-19(10-15-32-22)20(26)17-31-18-6-3-2-4-7-18/h2-8,10,13,15,20H,9,11-12,14,16-17H2,1H3/t20-/m1/s1. The quantitative estimate of drug-likeness (QED) is 0.494. The molecule has 4 rings (SSSR count). The summed E-state index contributed by atoms with van der Waals surface area (Å²) in [6.45, 7) is 1.51. The fourth-order valence-corrected chi connectivity index (χ4v) is 4.76. The molecule has 2 aromatic heterocycles. The van der Waals surface area contributed by atoms with Crippen molar-refractivity contribution in [3.05, 3.63) is 76.4 Å². The molecule has 3 heterocycles. The third kappa shape index (κ3) is 5.03. The average molecular weight is 455 g/mol. The molecule has 0 fully saturated rings. The number of hydrogen-bond acceptors (Lipinski definition) is 6. The largest absolute Gasteiger partial charge is 0.491 e. The van der Waals surface area contributed by atoms with Crippen molar-refractivity contribution in [2.24, 2.45) is 0 Å². The van der Waals surface area contributed by atoms with Gasteiger partial charge >= 0.3 is 0 Å². The van der Waals surface area contributed by atoms with Crippen LogP contribution in [0.15, 0.2) is 64.6 Å². The minimum Gasteiger partial charge on any atom is -0.491 e. The van der Waals surface area contributed by atoms with Gasteiger partial charge in [0, 0.05) is 25.1 Å². The van der Waals surface area contributed by atoms with Crippen molar-refractivity contribution in [3.8, 4) is 5.75 Å². The molecule has 0 radical (unpaired) electrons. The van der Waals surface area contributed by atoms with Gasteiger partial charge in [0.1, 0.15) is 18.9 Å². The van der Waals surface area contributed by atoms with Crippen LogP contribution >= 0.6 is 11.3 Å². The van der Waals surface area contributed by atoms with E-state index in [2.05, 4.69) is 11.4 Å². The van der Waals surface area contributed by atoms with Gasteiger partial charge in [-0.1, -0.05) is 18.2 Å². The van der Waals surface area contributed by atoms with Crippen LogP contribution in [-0.2, 0) is 16.0 Å². The van der Waals surface area contributed by atoms with Crippen molar-refractivity contribution in [2.75, 3.05) is 40.0 Å². The number of para-hydroxylation sites is 1. The molecule has 0 spiro atoms. The Kier molecular flexibility index (Phi) is 7.24. The lowest BCUT2D eigenvalue weighted by molar-refractivity contribution is -0.135. The van der Waals surface area contributed by atoms with Crippen LogP contribution in [0.4, 0.5) is 0 Å². The van der Waals surface area contributed by atoms with Crippen LogP contribution in [0.2, 0.25) is 0 Å². The number of benzene rings is 1. The molecule has 0 N–H and O–H groups in total. The van der Waals surface area contributed by atoms with E-state index in [0.717, 1.165) is 17.7 Å². The zero-order chi connectivity index (χ0) is 22.3. The lowest BCUT2D eigenvalue weighted by atomic mass is 10.0. The van der Waals surface area contributed by atoms with Crippen LogP contribution < -0.4 is 4.74 Å². The van der Waals surface area contributed by atoms with E-state index in [-0.39, 0.29) is 30.2 Å². The Balaban J connectivity index is 1.51. The molecule has 168 valence electrons. The van der Waals surface area contributed by atoms with Crippen LogP contribution in [0.25, 0.3) is 0 Å². The molecule has 8 heteroatoms. The van der Waals surface area contributed by atoms with E-state index in [1.165, 1.54) is 16.0 Å². The number of amides is 2. The maximum Gasteiger partial charge on any atom is 0.290 e. The SMILES string of the molecule is COCCN(CC(=O)N1CCc2sccc2[C@H]1COc1ccccc1)C(=O)c1ccco1. The predicted octanol–water partition coefficient (Wildman–Crippen LogP) is 3.63. The smallest absolute Gasteiger partial charge is 0.290 e. The molecule has 32 heavy (non-hydrogen) atoms. The number of ether oxygens (including phenoxy) is 2. The number of furan rings is 1. The Morgan fingerprint density at radius 3 is 2.78 bits per heavy atom. The van der Waals surface area contributed by atoms with Gasteiger partial charge in [0.05, 0.1) is 18.9 Å². The molecule has 0 saturated carbocycles. The van der Waals surface area contributed by atoms with Crippen molar-refractivity contribution in [1.29, 1.82) is 0 Å². The molecule has 3 aromatic rings. The maximum absolute atomic E-state index is 13.4. The van der Waals surface area contributed by atoms with Gasteiger partial charge in [-0.2, -0.15) is 0 Å². The molecule has 0 aliphatic carbocycles. The van der Waals surface area contributed by atoms with E-state index in [4.69, 9.17) is 13.9 Å². The number of hydrogen-bond donors (Lipinski definition) is 0. The molecule has 0 saturated heterocycles. The number of fused-ring (bicyclic) bond motifs is 1. The first-order valence-electron chi connectivity index (χ1n) is 10.5. The Morgan fingerprint density at radius 1 is 1.19 bits per heavy atom. The molecule has 2 amide bonds. The van der Waals surface area contributed by atoms with Gasteiger partial charge in [-0.3, -0.25) is 9.59 Å². The van der Waals surface area contributed by atoms with Crippen LogP contribution in [0, 0.1) is 0 Å². The van der Waals surface area contributed by atoms with Crippen molar-refractivity contribution in [1.82, 2.24) is 9.80 Å². The normalized spacial score (nSPS) is 15.3. The minimum absolute atomic E-state index is 0.0514. The predicted molar refractivity (Wildman–Crippen MR) is 121 cm³/mol. The Bertz CT molecular complexity index is 1020. The summed E-state index contributed by atoms with van der Waals surface area (Å²) < 4.78 is 16.4. The van der Waals surface area contributed by atoms with Crippen LogP contribution in [0.5, 0.6) is 5.75 Å². The van der Waals surface area contributed by atoms with E-state index in [0.29, 0.717) is 26.3 Å². The summed E-state index contributed by atoms with van der Waals surface area (Å²) in [7, 11) is 1.57. The van der Waals surface area contributed by atoms with Gasteiger partial charge in [0.2, 0.25) is 5.91 Å². The number of carbonyl (C=O) groups is 2. The van der Waals surface area contributed by atoms with Gasteiger partial charge in [-0.25, -0.2) is 0 Å². The summed E-state index contributed by atoms with van der Waals surface area (Å²) in [6, 6.07) is 14.7. The highest BCUT2D eigenvalue weighted by molar-refractivity contribution is 7.10. The monoisotopic (exact) mass is 454 g/mol. The first-order chi connectivity index (χ1) is 15.7. The van der Waals surface area contributed by atoms with E-state index in [9.17, 15) is 9.59 Å². The second kappa shape index (κ2) is 10.5. The van der Waals surface area contributed by atoms with Crippen molar-refractivity contribution < 1.29 is 23.5 Å². The molecular weight excluding hydrogens is 428 g/mol. The second-order valence-corrected chi connectivity index (χ2v) is 8.47. The Morgan fingerprint density at radius 2 is 2.03 bits per heavy atom. The van der Waals surface area contributed by atoms with Crippen LogP contribution in [0.3, 0.4) is 0 Å². The summed E-state index contributed by atoms with van der Waals surface area (Å²) in [5.74, 6) is 0.513. The van der Waals surface area contributed by atoms with Crippen molar-refractivity contribution in [2.45, 2.75) is 12.5 Å². The minimum atomic E-state index is -0.328. The summed E-state index contributed by atoms with van der Waals surface area (Å²) in [5, 5.41) is 2.06. The third-order valence-electron chi connectivity index (χ3n) is 5.48. The van der Waals surface area contributed by atoms with E-state index in [1.807, 2.05) is 35.2 Å². The topological polar surface area (TPSA) is 72.2 Å². The first kappa shape index (κ1) is 22.1. The molecule has 1 aliphatic heterocycles. The highest BCUT2D eigenvalue weighted by Crippen LogP contribution is 2.34. The fraction of sp³-hybridized carbons (Fsp3) is 0.333. The summed E-state index contributed by atoms with van der Waals surface area (Å²) in [6.07, 6.45) is 2.24. The van der Waals surface area contributed by atoms with Gasteiger partial charge in [-0.15, -0.1) is 11.3 Å². The van der Waals surface area contributed by atoms with E-state index < -0.39 is 0 Å². The molecule has 1 aromatic carbocycles. The molecular formula is C24H26N2O5S. The zero-order valence-corrected chi connectivity index (χ0v) is 18.8. The van der Waals surface area contributed by atoms with E-state index in [1.54, 1.807) is 30.6 Å². The van der Waals surface area contributed by atoms with Gasteiger partial charge in [-0.05, 0) is 47.7 Å². The van der Waals surface area contributed by atoms with Crippen molar-refractivity contribution >= 4 is 23.2 Å². The molecule has 0 unspecified atom stereocenters. The fourth-order valence-electron chi connectivity index (χ4n) is 3.83. The number of carbonyl (C=O) groups excluding carboxylic acids is 2. The van der Waals surface area contributed by atoms with Crippen molar-refractivity contribution in [3.63, 3.8) is 0 Å². The molecule has 1 atom stereocenters. The number of rotatable bonds is 9. The maximum atomic E-state index is 13.4. The number of thiophene rings is 1. The molecule has 7 nitrogen and oxygen atoms in total. The summed E-state index contributed by atoms with van der Waals surface area (Å²) >= 11 is 1.71. The van der Waals surface area contributed by atoms with Gasteiger partial charge in [0.15, 0.2) is 5.76 Å². The lowest BCUT2D eigenvalue weighted by Crippen LogP contribution is -2.48. The lowest BCUT2D eigenvalue weighted by Gasteiger charge is -2.37. The Hall–Kier alpha value is -3.10.